The maximum absolute atomic E-state index is 13.9. The number of hydrogen-bond acceptors (Lipinski definition) is 3. The molecule has 0 spiro atoms. The Hall–Kier alpha value is -1.75. The summed E-state index contributed by atoms with van der Waals surface area (Å²) in [5, 5.41) is 4.16. The van der Waals surface area contributed by atoms with Crippen LogP contribution in [0, 0.1) is 12.7 Å². The van der Waals surface area contributed by atoms with E-state index < -0.39 is 6.04 Å². The molecule has 1 aromatic heterocycles. The van der Waals surface area contributed by atoms with Crippen molar-refractivity contribution in [3.8, 4) is 0 Å². The molecule has 19 heavy (non-hydrogen) atoms. The van der Waals surface area contributed by atoms with Crippen LogP contribution in [-0.2, 0) is 6.42 Å². The van der Waals surface area contributed by atoms with E-state index in [4.69, 9.17) is 5.73 Å². The topological polar surface area (TPSA) is 56.7 Å². The molecular weight excluding hydrogens is 243 g/mol. The van der Waals surface area contributed by atoms with Crippen LogP contribution < -0.4 is 5.73 Å². The lowest BCUT2D eigenvalue weighted by Gasteiger charge is -2.15. The van der Waals surface area contributed by atoms with Crippen molar-refractivity contribution in [3.05, 3.63) is 47.3 Å². The van der Waals surface area contributed by atoms with Crippen molar-refractivity contribution in [2.24, 2.45) is 5.73 Å². The molecule has 5 heteroatoms. The van der Waals surface area contributed by atoms with Crippen molar-refractivity contribution < 1.29 is 4.39 Å². The summed E-state index contributed by atoms with van der Waals surface area (Å²) in [6.07, 6.45) is 1.98. The molecule has 0 fully saturated rings. The number of nitrogens with zero attached hydrogens (tertiary/aromatic N) is 3. The highest BCUT2D eigenvalue weighted by Gasteiger charge is 2.16. The lowest BCUT2D eigenvalue weighted by atomic mass is 10.0. The molecule has 2 rings (SSSR count). The number of rotatable bonds is 4. The van der Waals surface area contributed by atoms with Crippen LogP contribution in [0.4, 0.5) is 4.39 Å². The minimum Gasteiger partial charge on any atom is -0.323 e. The van der Waals surface area contributed by atoms with Gasteiger partial charge in [-0.15, -0.1) is 0 Å². The highest BCUT2D eigenvalue weighted by molar-refractivity contribution is 5.26. The molecule has 0 aliphatic rings. The third-order valence-corrected chi connectivity index (χ3v) is 3.09. The van der Waals surface area contributed by atoms with Gasteiger partial charge in [0.2, 0.25) is 0 Å². The lowest BCUT2D eigenvalue weighted by molar-refractivity contribution is 0.488. The number of aryl methyl sites for hydroxylation is 1. The monoisotopic (exact) mass is 262 g/mol. The van der Waals surface area contributed by atoms with Gasteiger partial charge in [0.15, 0.2) is 0 Å². The van der Waals surface area contributed by atoms with E-state index in [9.17, 15) is 4.39 Å². The van der Waals surface area contributed by atoms with Gasteiger partial charge < -0.3 is 5.73 Å². The SMILES string of the molecule is Cc1ccc(C(N)Cc2ncnn2C(C)C)c(F)c1. The summed E-state index contributed by atoms with van der Waals surface area (Å²) >= 11 is 0. The molecule has 0 saturated carbocycles. The first-order valence-corrected chi connectivity index (χ1v) is 6.39. The van der Waals surface area contributed by atoms with Gasteiger partial charge in [-0.3, -0.25) is 0 Å². The fourth-order valence-corrected chi connectivity index (χ4v) is 2.09. The highest BCUT2D eigenvalue weighted by atomic mass is 19.1. The summed E-state index contributed by atoms with van der Waals surface area (Å²) < 4.78 is 15.7. The van der Waals surface area contributed by atoms with Gasteiger partial charge in [0.25, 0.3) is 0 Å². The maximum Gasteiger partial charge on any atom is 0.138 e. The van der Waals surface area contributed by atoms with Gasteiger partial charge in [0.1, 0.15) is 18.0 Å². The predicted octanol–water partition coefficient (Wildman–Crippen LogP) is 2.55. The van der Waals surface area contributed by atoms with Gasteiger partial charge in [-0.2, -0.15) is 5.10 Å². The van der Waals surface area contributed by atoms with Crippen molar-refractivity contribution in [1.29, 1.82) is 0 Å². The molecular formula is C14H19FN4. The van der Waals surface area contributed by atoms with Gasteiger partial charge in [-0.1, -0.05) is 12.1 Å². The van der Waals surface area contributed by atoms with Crippen molar-refractivity contribution >= 4 is 0 Å². The summed E-state index contributed by atoms with van der Waals surface area (Å²) in [6.45, 7) is 5.90. The van der Waals surface area contributed by atoms with Crippen LogP contribution in [-0.4, -0.2) is 14.8 Å². The van der Waals surface area contributed by atoms with E-state index in [1.54, 1.807) is 6.07 Å². The van der Waals surface area contributed by atoms with Gasteiger partial charge >= 0.3 is 0 Å². The molecule has 1 unspecified atom stereocenters. The van der Waals surface area contributed by atoms with E-state index in [1.165, 1.54) is 12.4 Å². The average molecular weight is 262 g/mol. The normalized spacial score (nSPS) is 12.9. The fourth-order valence-electron chi connectivity index (χ4n) is 2.09. The van der Waals surface area contributed by atoms with Gasteiger partial charge in [0.05, 0.1) is 0 Å². The Morgan fingerprint density at radius 3 is 2.74 bits per heavy atom. The van der Waals surface area contributed by atoms with Crippen LogP contribution in [0.25, 0.3) is 0 Å². The summed E-state index contributed by atoms with van der Waals surface area (Å²) in [7, 11) is 0. The summed E-state index contributed by atoms with van der Waals surface area (Å²) in [4.78, 5) is 4.20. The largest absolute Gasteiger partial charge is 0.323 e. The summed E-state index contributed by atoms with van der Waals surface area (Å²) in [5.41, 5.74) is 7.49. The fraction of sp³-hybridized carbons (Fsp3) is 0.429. The van der Waals surface area contributed by atoms with E-state index in [1.807, 2.05) is 31.5 Å². The Morgan fingerprint density at radius 2 is 2.11 bits per heavy atom. The molecule has 0 bridgehead atoms. The number of halogens is 1. The Labute approximate surface area is 112 Å². The molecule has 0 saturated heterocycles. The first-order valence-electron chi connectivity index (χ1n) is 6.39. The first kappa shape index (κ1) is 13.7. The van der Waals surface area contributed by atoms with Crippen LogP contribution in [0.2, 0.25) is 0 Å². The smallest absolute Gasteiger partial charge is 0.138 e. The van der Waals surface area contributed by atoms with E-state index >= 15 is 0 Å². The van der Waals surface area contributed by atoms with Gasteiger partial charge in [-0.25, -0.2) is 14.1 Å². The molecule has 0 radical (unpaired) electrons. The van der Waals surface area contributed by atoms with Crippen molar-refractivity contribution in [2.75, 3.05) is 0 Å². The van der Waals surface area contributed by atoms with Crippen molar-refractivity contribution in [1.82, 2.24) is 14.8 Å². The molecule has 1 heterocycles. The number of benzene rings is 1. The third-order valence-electron chi connectivity index (χ3n) is 3.09. The molecule has 1 atom stereocenters. The van der Waals surface area contributed by atoms with Crippen molar-refractivity contribution in [3.63, 3.8) is 0 Å². The molecule has 0 aliphatic heterocycles. The Morgan fingerprint density at radius 1 is 1.37 bits per heavy atom. The van der Waals surface area contributed by atoms with Crippen LogP contribution in [0.1, 0.15) is 42.9 Å². The Balaban J connectivity index is 2.21. The second kappa shape index (κ2) is 5.48. The summed E-state index contributed by atoms with van der Waals surface area (Å²) in [5.74, 6) is 0.519. The van der Waals surface area contributed by atoms with Crippen LogP contribution in [0.3, 0.4) is 0 Å². The highest BCUT2D eigenvalue weighted by Crippen LogP contribution is 2.20. The van der Waals surface area contributed by atoms with Crippen molar-refractivity contribution in [2.45, 2.75) is 39.3 Å². The first-order chi connectivity index (χ1) is 8.99. The molecule has 0 amide bonds. The molecule has 1 aromatic carbocycles. The van der Waals surface area contributed by atoms with Crippen LogP contribution in [0.5, 0.6) is 0 Å². The van der Waals surface area contributed by atoms with Crippen LogP contribution >= 0.6 is 0 Å². The number of nitrogens with two attached hydrogens (primary N) is 1. The minimum atomic E-state index is -0.415. The van der Waals surface area contributed by atoms with E-state index in [0.717, 1.165) is 11.4 Å². The zero-order valence-corrected chi connectivity index (χ0v) is 11.5. The quantitative estimate of drug-likeness (QED) is 0.921. The zero-order chi connectivity index (χ0) is 14.0. The second-order valence-corrected chi connectivity index (χ2v) is 5.05. The predicted molar refractivity (Wildman–Crippen MR) is 72.2 cm³/mol. The molecule has 2 aromatic rings. The molecule has 102 valence electrons. The standard InChI is InChI=1S/C14H19FN4/c1-9(2)19-14(17-8-18-19)7-13(16)11-5-4-10(3)6-12(11)15/h4-6,8-9,13H,7,16H2,1-3H3. The number of hydrogen-bond donors (Lipinski definition) is 1. The van der Waals surface area contributed by atoms with E-state index in [-0.39, 0.29) is 11.9 Å². The van der Waals surface area contributed by atoms with E-state index in [0.29, 0.717) is 12.0 Å². The molecule has 2 N–H and O–H groups in total. The second-order valence-electron chi connectivity index (χ2n) is 5.05. The van der Waals surface area contributed by atoms with E-state index in [2.05, 4.69) is 10.1 Å². The van der Waals surface area contributed by atoms with Crippen LogP contribution in [0.15, 0.2) is 24.5 Å². The summed E-state index contributed by atoms with van der Waals surface area (Å²) in [6, 6.07) is 4.91. The Kier molecular flexibility index (Phi) is 3.95. The lowest BCUT2D eigenvalue weighted by Crippen LogP contribution is -2.19. The number of aromatic nitrogens is 3. The maximum atomic E-state index is 13.9. The zero-order valence-electron chi connectivity index (χ0n) is 11.5. The molecule has 4 nitrogen and oxygen atoms in total. The van der Waals surface area contributed by atoms with Gasteiger partial charge in [-0.05, 0) is 32.4 Å². The van der Waals surface area contributed by atoms with Gasteiger partial charge in [0, 0.05) is 24.1 Å². The third kappa shape index (κ3) is 2.98. The Bertz CT molecular complexity index is 562. The minimum absolute atomic E-state index is 0.215. The molecule has 0 aliphatic carbocycles. The average Bonchev–Trinajstić information content (AvgIpc) is 2.76.